The standard InChI is InChI=1S/C10H16BrN3O2S/c1-7(2)14(3)17(15,16)13-10-6-8(12)4-5-9(10)11/h4-7,13H,12H2,1-3H3. The van der Waals surface area contributed by atoms with E-state index in [9.17, 15) is 8.42 Å². The maximum atomic E-state index is 12.0. The molecular formula is C10H16BrN3O2S. The largest absolute Gasteiger partial charge is 0.399 e. The minimum Gasteiger partial charge on any atom is -0.399 e. The Labute approximate surface area is 110 Å². The van der Waals surface area contributed by atoms with Crippen molar-refractivity contribution in [1.29, 1.82) is 0 Å². The maximum Gasteiger partial charge on any atom is 0.301 e. The fourth-order valence-electron chi connectivity index (χ4n) is 1.11. The van der Waals surface area contributed by atoms with Gasteiger partial charge in [-0.3, -0.25) is 4.72 Å². The van der Waals surface area contributed by atoms with Crippen LogP contribution in [0.3, 0.4) is 0 Å². The van der Waals surface area contributed by atoms with Gasteiger partial charge in [0.2, 0.25) is 0 Å². The summed E-state index contributed by atoms with van der Waals surface area (Å²) in [5.74, 6) is 0. The Kier molecular flexibility index (Phi) is 4.40. The predicted molar refractivity (Wildman–Crippen MR) is 74.0 cm³/mol. The molecule has 0 aliphatic rings. The van der Waals surface area contributed by atoms with Crippen molar-refractivity contribution in [2.75, 3.05) is 17.5 Å². The third-order valence-corrected chi connectivity index (χ3v) is 4.68. The number of hydrogen-bond acceptors (Lipinski definition) is 3. The molecule has 1 aromatic carbocycles. The molecule has 0 saturated carbocycles. The van der Waals surface area contributed by atoms with Gasteiger partial charge >= 0.3 is 10.2 Å². The molecule has 0 aliphatic heterocycles. The molecule has 96 valence electrons. The lowest BCUT2D eigenvalue weighted by Crippen LogP contribution is -2.37. The molecule has 0 bridgehead atoms. The lowest BCUT2D eigenvalue weighted by Gasteiger charge is -2.22. The van der Waals surface area contributed by atoms with Crippen molar-refractivity contribution in [2.24, 2.45) is 0 Å². The fourth-order valence-corrected chi connectivity index (χ4v) is 2.73. The van der Waals surface area contributed by atoms with Crippen LogP contribution in [0.1, 0.15) is 13.8 Å². The van der Waals surface area contributed by atoms with Crippen molar-refractivity contribution in [3.63, 3.8) is 0 Å². The number of benzene rings is 1. The Morgan fingerprint density at radius 3 is 2.53 bits per heavy atom. The van der Waals surface area contributed by atoms with Crippen molar-refractivity contribution in [2.45, 2.75) is 19.9 Å². The molecule has 5 nitrogen and oxygen atoms in total. The number of anilines is 2. The molecule has 0 aromatic heterocycles. The minimum atomic E-state index is -3.55. The maximum absolute atomic E-state index is 12.0. The number of nitrogen functional groups attached to an aromatic ring is 1. The molecule has 3 N–H and O–H groups in total. The summed E-state index contributed by atoms with van der Waals surface area (Å²) >= 11 is 3.27. The van der Waals surface area contributed by atoms with Gasteiger partial charge in [0.15, 0.2) is 0 Å². The van der Waals surface area contributed by atoms with Gasteiger partial charge in [0.1, 0.15) is 0 Å². The summed E-state index contributed by atoms with van der Waals surface area (Å²) in [6.45, 7) is 3.60. The molecule has 1 aromatic rings. The van der Waals surface area contributed by atoms with E-state index in [1.165, 1.54) is 11.4 Å². The Hall–Kier alpha value is -0.790. The summed E-state index contributed by atoms with van der Waals surface area (Å²) < 4.78 is 28.3. The smallest absolute Gasteiger partial charge is 0.301 e. The third-order valence-electron chi connectivity index (χ3n) is 2.34. The normalized spacial score (nSPS) is 12.1. The highest BCUT2D eigenvalue weighted by Gasteiger charge is 2.21. The van der Waals surface area contributed by atoms with E-state index in [2.05, 4.69) is 20.7 Å². The number of nitrogens with zero attached hydrogens (tertiary/aromatic N) is 1. The van der Waals surface area contributed by atoms with Crippen LogP contribution in [0, 0.1) is 0 Å². The summed E-state index contributed by atoms with van der Waals surface area (Å²) in [5, 5.41) is 0. The number of nitrogens with two attached hydrogens (primary N) is 1. The second-order valence-corrected chi connectivity index (χ2v) is 6.54. The number of halogens is 1. The molecule has 7 heteroatoms. The van der Waals surface area contributed by atoms with Gasteiger partial charge in [-0.1, -0.05) is 0 Å². The number of nitrogens with one attached hydrogen (secondary N) is 1. The van der Waals surface area contributed by atoms with E-state index in [0.29, 0.717) is 15.8 Å². The molecule has 0 saturated heterocycles. The second kappa shape index (κ2) is 5.24. The average Bonchev–Trinajstić information content (AvgIpc) is 2.21. The first-order valence-corrected chi connectivity index (χ1v) is 7.28. The summed E-state index contributed by atoms with van der Waals surface area (Å²) in [7, 11) is -2.03. The van der Waals surface area contributed by atoms with Gasteiger partial charge in [0.25, 0.3) is 0 Å². The van der Waals surface area contributed by atoms with Gasteiger partial charge in [0.05, 0.1) is 5.69 Å². The monoisotopic (exact) mass is 321 g/mol. The molecule has 0 fully saturated rings. The number of rotatable bonds is 4. The van der Waals surface area contributed by atoms with E-state index in [-0.39, 0.29) is 6.04 Å². The van der Waals surface area contributed by atoms with Gasteiger partial charge in [0, 0.05) is 23.2 Å². The van der Waals surface area contributed by atoms with Crippen LogP contribution >= 0.6 is 15.9 Å². The first-order chi connectivity index (χ1) is 7.74. The molecule has 0 spiro atoms. The zero-order valence-electron chi connectivity index (χ0n) is 9.94. The van der Waals surface area contributed by atoms with Crippen LogP contribution in [0.25, 0.3) is 0 Å². The van der Waals surface area contributed by atoms with Crippen LogP contribution in [0.15, 0.2) is 22.7 Å². The zero-order chi connectivity index (χ0) is 13.2. The Balaban J connectivity index is 3.02. The second-order valence-electron chi connectivity index (χ2n) is 3.96. The van der Waals surface area contributed by atoms with E-state index < -0.39 is 10.2 Å². The van der Waals surface area contributed by atoms with E-state index >= 15 is 0 Å². The summed E-state index contributed by atoms with van der Waals surface area (Å²) in [4.78, 5) is 0. The molecular weight excluding hydrogens is 306 g/mol. The van der Waals surface area contributed by atoms with E-state index in [0.717, 1.165) is 0 Å². The summed E-state index contributed by atoms with van der Waals surface area (Å²) in [6.07, 6.45) is 0. The highest BCUT2D eigenvalue weighted by molar-refractivity contribution is 9.10. The topological polar surface area (TPSA) is 75.4 Å². The summed E-state index contributed by atoms with van der Waals surface area (Å²) in [6, 6.07) is 4.83. The molecule has 0 heterocycles. The molecule has 0 atom stereocenters. The molecule has 0 radical (unpaired) electrons. The van der Waals surface area contributed by atoms with E-state index in [4.69, 9.17) is 5.73 Å². The Morgan fingerprint density at radius 1 is 1.41 bits per heavy atom. The van der Waals surface area contributed by atoms with Gasteiger partial charge in [-0.05, 0) is 48.0 Å². The van der Waals surface area contributed by atoms with E-state index in [1.807, 2.05) is 0 Å². The quantitative estimate of drug-likeness (QED) is 0.833. The Bertz CT molecular complexity index is 502. The van der Waals surface area contributed by atoms with Gasteiger partial charge in [-0.2, -0.15) is 12.7 Å². The van der Waals surface area contributed by atoms with Crippen LogP contribution in [0.2, 0.25) is 0 Å². The lowest BCUT2D eigenvalue weighted by molar-refractivity contribution is 0.414. The van der Waals surface area contributed by atoms with Crippen LogP contribution in [-0.4, -0.2) is 25.8 Å². The van der Waals surface area contributed by atoms with Gasteiger partial charge < -0.3 is 5.73 Å². The lowest BCUT2D eigenvalue weighted by atomic mass is 10.3. The van der Waals surface area contributed by atoms with Crippen molar-refractivity contribution >= 4 is 37.5 Å². The molecule has 0 unspecified atom stereocenters. The van der Waals surface area contributed by atoms with E-state index in [1.54, 1.807) is 32.0 Å². The minimum absolute atomic E-state index is 0.118. The SMILES string of the molecule is CC(C)N(C)S(=O)(=O)Nc1cc(N)ccc1Br. The Morgan fingerprint density at radius 2 is 2.00 bits per heavy atom. The number of hydrogen-bond donors (Lipinski definition) is 2. The van der Waals surface area contributed by atoms with Crippen LogP contribution in [0.5, 0.6) is 0 Å². The summed E-state index contributed by atoms with van der Waals surface area (Å²) in [5.41, 5.74) is 6.54. The van der Waals surface area contributed by atoms with Crippen molar-refractivity contribution in [3.8, 4) is 0 Å². The van der Waals surface area contributed by atoms with Gasteiger partial charge in [-0.25, -0.2) is 0 Å². The van der Waals surface area contributed by atoms with Crippen molar-refractivity contribution in [3.05, 3.63) is 22.7 Å². The highest BCUT2D eigenvalue weighted by atomic mass is 79.9. The van der Waals surface area contributed by atoms with Crippen LogP contribution in [0.4, 0.5) is 11.4 Å². The predicted octanol–water partition coefficient (Wildman–Crippen LogP) is 2.03. The first kappa shape index (κ1) is 14.3. The van der Waals surface area contributed by atoms with Crippen molar-refractivity contribution < 1.29 is 8.42 Å². The average molecular weight is 322 g/mol. The molecule has 0 aliphatic carbocycles. The van der Waals surface area contributed by atoms with Crippen LogP contribution < -0.4 is 10.5 Å². The molecule has 17 heavy (non-hydrogen) atoms. The van der Waals surface area contributed by atoms with Gasteiger partial charge in [-0.15, -0.1) is 0 Å². The molecule has 1 rings (SSSR count). The third kappa shape index (κ3) is 3.58. The van der Waals surface area contributed by atoms with Crippen LogP contribution in [-0.2, 0) is 10.2 Å². The molecule has 0 amide bonds. The first-order valence-electron chi connectivity index (χ1n) is 5.05. The van der Waals surface area contributed by atoms with Crippen molar-refractivity contribution in [1.82, 2.24) is 4.31 Å². The fraction of sp³-hybridized carbons (Fsp3) is 0.400. The zero-order valence-corrected chi connectivity index (χ0v) is 12.3. The highest BCUT2D eigenvalue weighted by Crippen LogP contribution is 2.26.